The summed E-state index contributed by atoms with van der Waals surface area (Å²) in [5.41, 5.74) is -0.0259. The summed E-state index contributed by atoms with van der Waals surface area (Å²) in [7, 11) is 0. The van der Waals surface area contributed by atoms with Gasteiger partial charge in [-0.2, -0.15) is 18.3 Å². The fourth-order valence-corrected chi connectivity index (χ4v) is 1.04. The Morgan fingerprint density at radius 3 is 2.67 bits per heavy atom. The number of nitrogens with zero attached hydrogens (tertiary/aromatic N) is 2. The fourth-order valence-electron chi connectivity index (χ4n) is 1.04. The van der Waals surface area contributed by atoms with E-state index in [0.29, 0.717) is 0 Å². The van der Waals surface area contributed by atoms with E-state index in [-0.39, 0.29) is 18.5 Å². The van der Waals surface area contributed by atoms with E-state index >= 15 is 0 Å². The Morgan fingerprint density at radius 1 is 1.53 bits per heavy atom. The standard InChI is InChI=1S/C8H9F3N2O2/c9-8(10,11)2-1-3-13-5-6(4-12-13)7(14)15/h4-5H,1-3H2,(H,14,15). The lowest BCUT2D eigenvalue weighted by atomic mass is 10.3. The Balaban J connectivity index is 2.41. The SMILES string of the molecule is O=C(O)c1cnn(CCCC(F)(F)F)c1. The molecule has 0 saturated heterocycles. The van der Waals surface area contributed by atoms with Crippen LogP contribution in [0, 0.1) is 0 Å². The summed E-state index contributed by atoms with van der Waals surface area (Å²) in [5, 5.41) is 12.1. The Hall–Kier alpha value is -1.53. The number of carbonyl (C=O) groups is 1. The van der Waals surface area contributed by atoms with Crippen LogP contribution >= 0.6 is 0 Å². The van der Waals surface area contributed by atoms with Crippen molar-refractivity contribution in [2.24, 2.45) is 0 Å². The van der Waals surface area contributed by atoms with Crippen molar-refractivity contribution in [3.8, 4) is 0 Å². The number of halogens is 3. The van der Waals surface area contributed by atoms with Gasteiger partial charge in [0.2, 0.25) is 0 Å². The normalized spacial score (nSPS) is 11.7. The first-order chi connectivity index (χ1) is 6.88. The lowest BCUT2D eigenvalue weighted by molar-refractivity contribution is -0.136. The summed E-state index contributed by atoms with van der Waals surface area (Å²) >= 11 is 0. The number of aromatic nitrogens is 2. The number of alkyl halides is 3. The molecule has 0 bridgehead atoms. The molecular formula is C8H9F3N2O2. The summed E-state index contributed by atoms with van der Waals surface area (Å²) in [5.74, 6) is -1.14. The molecule has 0 amide bonds. The zero-order valence-corrected chi connectivity index (χ0v) is 7.66. The molecule has 1 rings (SSSR count). The number of hydrogen-bond acceptors (Lipinski definition) is 2. The lowest BCUT2D eigenvalue weighted by Gasteiger charge is -2.05. The zero-order valence-electron chi connectivity index (χ0n) is 7.66. The molecule has 0 radical (unpaired) electrons. The molecule has 0 saturated carbocycles. The highest BCUT2D eigenvalue weighted by Crippen LogP contribution is 2.21. The molecule has 0 aromatic carbocycles. The molecule has 4 nitrogen and oxygen atoms in total. The van der Waals surface area contributed by atoms with Crippen LogP contribution in [0.1, 0.15) is 23.2 Å². The van der Waals surface area contributed by atoms with Gasteiger partial charge in [0.05, 0.1) is 11.8 Å². The first kappa shape index (κ1) is 11.5. The number of carboxylic acids is 1. The van der Waals surface area contributed by atoms with Crippen LogP contribution in [0.5, 0.6) is 0 Å². The maximum Gasteiger partial charge on any atom is 0.389 e. The summed E-state index contributed by atoms with van der Waals surface area (Å²) in [6.45, 7) is 0.0623. The molecule has 0 aliphatic carbocycles. The highest BCUT2D eigenvalue weighted by atomic mass is 19.4. The van der Waals surface area contributed by atoms with E-state index in [9.17, 15) is 18.0 Å². The van der Waals surface area contributed by atoms with Crippen molar-refractivity contribution >= 4 is 5.97 Å². The fraction of sp³-hybridized carbons (Fsp3) is 0.500. The number of aryl methyl sites for hydroxylation is 1. The number of aromatic carboxylic acids is 1. The van der Waals surface area contributed by atoms with E-state index in [1.165, 1.54) is 10.9 Å². The second-order valence-corrected chi connectivity index (χ2v) is 3.02. The minimum Gasteiger partial charge on any atom is -0.478 e. The van der Waals surface area contributed by atoms with Gasteiger partial charge in [0, 0.05) is 19.2 Å². The van der Waals surface area contributed by atoms with Crippen molar-refractivity contribution in [1.82, 2.24) is 9.78 Å². The molecule has 15 heavy (non-hydrogen) atoms. The van der Waals surface area contributed by atoms with Gasteiger partial charge in [-0.05, 0) is 6.42 Å². The molecular weight excluding hydrogens is 213 g/mol. The van der Waals surface area contributed by atoms with Crippen molar-refractivity contribution in [2.45, 2.75) is 25.6 Å². The molecule has 0 aliphatic rings. The smallest absolute Gasteiger partial charge is 0.389 e. The average Bonchev–Trinajstić information content (AvgIpc) is 2.50. The summed E-state index contributed by atoms with van der Waals surface area (Å²) in [6, 6.07) is 0. The third-order valence-corrected chi connectivity index (χ3v) is 1.73. The van der Waals surface area contributed by atoms with Crippen LogP contribution < -0.4 is 0 Å². The van der Waals surface area contributed by atoms with E-state index in [1.54, 1.807) is 0 Å². The lowest BCUT2D eigenvalue weighted by Crippen LogP contribution is -2.09. The first-order valence-corrected chi connectivity index (χ1v) is 4.21. The molecule has 0 spiro atoms. The maximum atomic E-state index is 11.8. The van der Waals surface area contributed by atoms with Crippen molar-refractivity contribution in [1.29, 1.82) is 0 Å². The monoisotopic (exact) mass is 222 g/mol. The summed E-state index contributed by atoms with van der Waals surface area (Å²) in [4.78, 5) is 10.4. The van der Waals surface area contributed by atoms with Crippen molar-refractivity contribution in [2.75, 3.05) is 0 Å². The third-order valence-electron chi connectivity index (χ3n) is 1.73. The number of hydrogen-bond donors (Lipinski definition) is 1. The number of carboxylic acid groups (broad SMARTS) is 1. The van der Waals surface area contributed by atoms with Crippen LogP contribution in [0.15, 0.2) is 12.4 Å². The van der Waals surface area contributed by atoms with E-state index in [0.717, 1.165) is 6.20 Å². The van der Waals surface area contributed by atoms with Gasteiger partial charge in [-0.15, -0.1) is 0 Å². The maximum absolute atomic E-state index is 11.8. The molecule has 0 fully saturated rings. The predicted molar refractivity (Wildman–Crippen MR) is 44.5 cm³/mol. The van der Waals surface area contributed by atoms with E-state index in [4.69, 9.17) is 5.11 Å². The van der Waals surface area contributed by atoms with E-state index < -0.39 is 18.6 Å². The minimum absolute atomic E-state index is 0.0259. The van der Waals surface area contributed by atoms with Crippen LogP contribution in [0.3, 0.4) is 0 Å². The van der Waals surface area contributed by atoms with Crippen LogP contribution in [-0.4, -0.2) is 27.0 Å². The van der Waals surface area contributed by atoms with E-state index in [2.05, 4.69) is 5.10 Å². The van der Waals surface area contributed by atoms with Crippen molar-refractivity contribution < 1.29 is 23.1 Å². The molecule has 1 aromatic heterocycles. The molecule has 1 N–H and O–H groups in total. The van der Waals surface area contributed by atoms with E-state index in [1.807, 2.05) is 0 Å². The summed E-state index contributed by atoms with van der Waals surface area (Å²) in [6.07, 6.45) is -2.86. The first-order valence-electron chi connectivity index (χ1n) is 4.21. The Labute approximate surface area is 83.3 Å². The van der Waals surface area contributed by atoms with Crippen molar-refractivity contribution in [3.63, 3.8) is 0 Å². The molecule has 1 aromatic rings. The average molecular weight is 222 g/mol. The molecule has 0 aliphatic heterocycles. The zero-order chi connectivity index (χ0) is 11.5. The molecule has 1 heterocycles. The third kappa shape index (κ3) is 4.01. The molecule has 7 heteroatoms. The van der Waals surface area contributed by atoms with Gasteiger partial charge in [-0.1, -0.05) is 0 Å². The Kier molecular flexibility index (Phi) is 3.33. The van der Waals surface area contributed by atoms with Gasteiger partial charge in [0.15, 0.2) is 0 Å². The van der Waals surface area contributed by atoms with Crippen LogP contribution in [0.25, 0.3) is 0 Å². The molecule has 0 atom stereocenters. The van der Waals surface area contributed by atoms with Gasteiger partial charge < -0.3 is 5.11 Å². The predicted octanol–water partition coefficient (Wildman–Crippen LogP) is 1.92. The second kappa shape index (κ2) is 4.33. The number of rotatable bonds is 4. The minimum atomic E-state index is -4.18. The quantitative estimate of drug-likeness (QED) is 0.846. The topological polar surface area (TPSA) is 55.1 Å². The largest absolute Gasteiger partial charge is 0.478 e. The van der Waals surface area contributed by atoms with Gasteiger partial charge in [-0.3, -0.25) is 4.68 Å². The summed E-state index contributed by atoms with van der Waals surface area (Å²) < 4.78 is 36.5. The van der Waals surface area contributed by atoms with Crippen molar-refractivity contribution in [3.05, 3.63) is 18.0 Å². The molecule has 0 unspecified atom stereocenters. The van der Waals surface area contributed by atoms with Gasteiger partial charge in [-0.25, -0.2) is 4.79 Å². The van der Waals surface area contributed by atoms with Crippen LogP contribution in [-0.2, 0) is 6.54 Å². The van der Waals surface area contributed by atoms with Gasteiger partial charge in [0.25, 0.3) is 0 Å². The highest BCUT2D eigenvalue weighted by molar-refractivity contribution is 5.86. The van der Waals surface area contributed by atoms with Gasteiger partial charge >= 0.3 is 12.1 Å². The molecule has 84 valence electrons. The van der Waals surface area contributed by atoms with Crippen LogP contribution in [0.4, 0.5) is 13.2 Å². The van der Waals surface area contributed by atoms with Crippen LogP contribution in [0.2, 0.25) is 0 Å². The Morgan fingerprint density at radius 2 is 2.20 bits per heavy atom. The Bertz CT molecular complexity index is 346. The highest BCUT2D eigenvalue weighted by Gasteiger charge is 2.26. The van der Waals surface area contributed by atoms with Gasteiger partial charge in [0.1, 0.15) is 0 Å². The second-order valence-electron chi connectivity index (χ2n) is 3.02.